The highest BCUT2D eigenvalue weighted by Crippen LogP contribution is 2.24. The van der Waals surface area contributed by atoms with Crippen LogP contribution in [0.5, 0.6) is 0 Å². The van der Waals surface area contributed by atoms with E-state index in [2.05, 4.69) is 10.1 Å². The number of hydrogen-bond donors (Lipinski definition) is 0. The fraction of sp³-hybridized carbons (Fsp3) is 0.357. The molecule has 0 aliphatic heterocycles. The number of aryl methyl sites for hydroxylation is 1. The van der Waals surface area contributed by atoms with Crippen LogP contribution in [0.25, 0.3) is 10.2 Å². The molecule has 3 aromatic rings. The lowest BCUT2D eigenvalue weighted by Gasteiger charge is -2.09. The van der Waals surface area contributed by atoms with Gasteiger partial charge in [-0.05, 0) is 30.7 Å². The summed E-state index contributed by atoms with van der Waals surface area (Å²) in [7, 11) is 0. The molecule has 0 saturated heterocycles. The quantitative estimate of drug-likeness (QED) is 0.726. The van der Waals surface area contributed by atoms with Crippen LogP contribution in [0.2, 0.25) is 0 Å². The Morgan fingerprint density at radius 1 is 1.35 bits per heavy atom. The van der Waals surface area contributed by atoms with E-state index in [9.17, 15) is 4.79 Å². The molecule has 6 heteroatoms. The molecule has 0 atom stereocenters. The molecule has 0 bridgehead atoms. The normalized spacial score (nSPS) is 14.6. The zero-order valence-electron chi connectivity index (χ0n) is 10.8. The molecule has 0 fully saturated rings. The van der Waals surface area contributed by atoms with Crippen molar-refractivity contribution in [3.63, 3.8) is 0 Å². The van der Waals surface area contributed by atoms with Crippen molar-refractivity contribution in [1.82, 2.24) is 14.7 Å². The first kappa shape index (κ1) is 11.8. The minimum atomic E-state index is -0.00226. The number of nitrogens with zero attached hydrogens (tertiary/aromatic N) is 3. The fourth-order valence-corrected chi connectivity index (χ4v) is 3.52. The molecule has 20 heavy (non-hydrogen) atoms. The first-order chi connectivity index (χ1) is 9.83. The van der Waals surface area contributed by atoms with Gasteiger partial charge in [0, 0.05) is 12.0 Å². The van der Waals surface area contributed by atoms with E-state index in [1.807, 2.05) is 11.4 Å². The Morgan fingerprint density at radius 3 is 3.20 bits per heavy atom. The lowest BCUT2D eigenvalue weighted by molar-refractivity contribution is 0.367. The molecule has 0 N–H and O–H groups in total. The van der Waals surface area contributed by atoms with E-state index in [1.54, 1.807) is 10.9 Å². The molecule has 0 radical (unpaired) electrons. The van der Waals surface area contributed by atoms with Crippen molar-refractivity contribution in [3.05, 3.63) is 45.1 Å². The summed E-state index contributed by atoms with van der Waals surface area (Å²) in [6.45, 7) is 0.443. The van der Waals surface area contributed by atoms with E-state index >= 15 is 0 Å². The van der Waals surface area contributed by atoms with Gasteiger partial charge in [0.15, 0.2) is 0 Å². The molecule has 3 aromatic heterocycles. The van der Waals surface area contributed by atoms with Crippen LogP contribution in [0.4, 0.5) is 0 Å². The van der Waals surface area contributed by atoms with Gasteiger partial charge in [-0.25, -0.2) is 4.98 Å². The number of thiophene rings is 1. The Bertz CT molecular complexity index is 830. The Morgan fingerprint density at radius 2 is 2.25 bits per heavy atom. The van der Waals surface area contributed by atoms with E-state index in [1.165, 1.54) is 23.3 Å². The van der Waals surface area contributed by atoms with Crippen molar-refractivity contribution < 1.29 is 4.52 Å². The summed E-state index contributed by atoms with van der Waals surface area (Å²) in [4.78, 5) is 16.7. The second kappa shape index (κ2) is 4.56. The van der Waals surface area contributed by atoms with Gasteiger partial charge in [-0.2, -0.15) is 0 Å². The standard InChI is InChI=1S/C14H13N3O2S/c18-14-13-10(5-6-20-13)15-8-17(14)7-11-9-3-1-2-4-12(9)19-16-11/h5-6,8H,1-4,7H2. The zero-order valence-corrected chi connectivity index (χ0v) is 11.7. The molecule has 102 valence electrons. The second-order valence-corrected chi connectivity index (χ2v) is 5.97. The summed E-state index contributed by atoms with van der Waals surface area (Å²) in [5, 5.41) is 6.03. The minimum absolute atomic E-state index is 0.00226. The molecule has 0 spiro atoms. The highest BCUT2D eigenvalue weighted by atomic mass is 32.1. The summed E-state index contributed by atoms with van der Waals surface area (Å²) in [5.74, 6) is 0.990. The first-order valence-electron chi connectivity index (χ1n) is 6.72. The number of aromatic nitrogens is 3. The van der Waals surface area contributed by atoms with Gasteiger partial charge in [-0.1, -0.05) is 5.16 Å². The topological polar surface area (TPSA) is 60.9 Å². The highest BCUT2D eigenvalue weighted by Gasteiger charge is 2.20. The van der Waals surface area contributed by atoms with Crippen molar-refractivity contribution >= 4 is 21.6 Å². The molecule has 0 unspecified atom stereocenters. The van der Waals surface area contributed by atoms with E-state index < -0.39 is 0 Å². The third-order valence-electron chi connectivity index (χ3n) is 3.79. The van der Waals surface area contributed by atoms with E-state index in [-0.39, 0.29) is 5.56 Å². The third kappa shape index (κ3) is 1.79. The van der Waals surface area contributed by atoms with Crippen molar-refractivity contribution in [1.29, 1.82) is 0 Å². The molecule has 1 aliphatic carbocycles. The smallest absolute Gasteiger partial charge is 0.271 e. The van der Waals surface area contributed by atoms with Crippen molar-refractivity contribution in [3.8, 4) is 0 Å². The summed E-state index contributed by atoms with van der Waals surface area (Å²) in [5.41, 5.74) is 2.82. The van der Waals surface area contributed by atoms with Gasteiger partial charge in [0.05, 0.1) is 18.4 Å². The van der Waals surface area contributed by atoms with E-state index in [4.69, 9.17) is 4.52 Å². The number of hydrogen-bond acceptors (Lipinski definition) is 5. The third-order valence-corrected chi connectivity index (χ3v) is 4.68. The predicted molar refractivity (Wildman–Crippen MR) is 76.1 cm³/mol. The van der Waals surface area contributed by atoms with Gasteiger partial charge in [0.1, 0.15) is 16.2 Å². The lowest BCUT2D eigenvalue weighted by Crippen LogP contribution is -2.21. The average molecular weight is 287 g/mol. The number of rotatable bonds is 2. The van der Waals surface area contributed by atoms with Crippen LogP contribution in [0.15, 0.2) is 27.1 Å². The van der Waals surface area contributed by atoms with E-state index in [0.29, 0.717) is 11.2 Å². The summed E-state index contributed by atoms with van der Waals surface area (Å²) in [6.07, 6.45) is 5.88. The zero-order chi connectivity index (χ0) is 13.5. The predicted octanol–water partition coefficient (Wildman–Crippen LogP) is 2.37. The highest BCUT2D eigenvalue weighted by molar-refractivity contribution is 7.17. The molecule has 5 nitrogen and oxygen atoms in total. The van der Waals surface area contributed by atoms with Crippen LogP contribution in [0, 0.1) is 0 Å². The fourth-order valence-electron chi connectivity index (χ4n) is 2.73. The van der Waals surface area contributed by atoms with Crippen molar-refractivity contribution in [2.24, 2.45) is 0 Å². The summed E-state index contributed by atoms with van der Waals surface area (Å²) >= 11 is 1.43. The molecule has 3 heterocycles. The van der Waals surface area contributed by atoms with Crippen LogP contribution >= 0.6 is 11.3 Å². The second-order valence-electron chi connectivity index (χ2n) is 5.05. The minimum Gasteiger partial charge on any atom is -0.361 e. The van der Waals surface area contributed by atoms with E-state index in [0.717, 1.165) is 36.2 Å². The van der Waals surface area contributed by atoms with Gasteiger partial charge in [-0.3, -0.25) is 9.36 Å². The van der Waals surface area contributed by atoms with Crippen LogP contribution in [-0.4, -0.2) is 14.7 Å². The Balaban J connectivity index is 1.76. The molecular weight excluding hydrogens is 274 g/mol. The monoisotopic (exact) mass is 287 g/mol. The summed E-state index contributed by atoms with van der Waals surface area (Å²) < 4.78 is 7.70. The van der Waals surface area contributed by atoms with Crippen LogP contribution in [-0.2, 0) is 19.4 Å². The molecule has 1 aliphatic rings. The van der Waals surface area contributed by atoms with Gasteiger partial charge >= 0.3 is 0 Å². The maximum atomic E-state index is 12.4. The van der Waals surface area contributed by atoms with Gasteiger partial charge in [0.2, 0.25) is 0 Å². The van der Waals surface area contributed by atoms with Crippen molar-refractivity contribution in [2.45, 2.75) is 32.2 Å². The Kier molecular flexibility index (Phi) is 2.70. The molecular formula is C14H13N3O2S. The Labute approximate surface area is 118 Å². The Hall–Kier alpha value is -1.95. The van der Waals surface area contributed by atoms with Crippen LogP contribution < -0.4 is 5.56 Å². The largest absolute Gasteiger partial charge is 0.361 e. The van der Waals surface area contributed by atoms with Crippen molar-refractivity contribution in [2.75, 3.05) is 0 Å². The molecule has 0 saturated carbocycles. The maximum absolute atomic E-state index is 12.4. The number of fused-ring (bicyclic) bond motifs is 2. The molecule has 0 amide bonds. The van der Waals surface area contributed by atoms with Crippen LogP contribution in [0.1, 0.15) is 29.9 Å². The molecule has 0 aromatic carbocycles. The van der Waals surface area contributed by atoms with Gasteiger partial charge in [0.25, 0.3) is 5.56 Å². The van der Waals surface area contributed by atoms with Gasteiger partial charge < -0.3 is 4.52 Å². The summed E-state index contributed by atoms with van der Waals surface area (Å²) in [6, 6.07) is 1.86. The average Bonchev–Trinajstić information content (AvgIpc) is 3.10. The lowest BCUT2D eigenvalue weighted by atomic mass is 9.96. The first-order valence-corrected chi connectivity index (χ1v) is 7.60. The SMILES string of the molecule is O=c1c2sccc2ncn1Cc1noc2c1CCCC2. The van der Waals surface area contributed by atoms with Gasteiger partial charge in [-0.15, -0.1) is 11.3 Å². The maximum Gasteiger partial charge on any atom is 0.271 e. The molecule has 4 rings (SSSR count). The van der Waals surface area contributed by atoms with Crippen LogP contribution in [0.3, 0.4) is 0 Å².